The molecule has 2 N–H and O–H groups in total. The summed E-state index contributed by atoms with van der Waals surface area (Å²) in [7, 11) is 0. The molecule has 35 heavy (non-hydrogen) atoms. The van der Waals surface area contributed by atoms with Gasteiger partial charge in [0.05, 0.1) is 16.5 Å². The van der Waals surface area contributed by atoms with Crippen LogP contribution in [0.4, 0.5) is 5.69 Å². The van der Waals surface area contributed by atoms with Gasteiger partial charge in [-0.15, -0.1) is 0 Å². The van der Waals surface area contributed by atoms with E-state index in [-0.39, 0.29) is 35.7 Å². The number of aliphatic carboxylic acids is 1. The van der Waals surface area contributed by atoms with Gasteiger partial charge in [-0.05, 0) is 42.0 Å². The average molecular weight is 481 g/mol. The van der Waals surface area contributed by atoms with E-state index < -0.39 is 34.4 Å². The Hall–Kier alpha value is -4.01. The Balaban J connectivity index is 2.00. The topological polar surface area (TPSA) is 138 Å². The molecule has 0 aliphatic carbocycles. The number of aliphatic hydroxyl groups is 1. The molecule has 184 valence electrons. The van der Waals surface area contributed by atoms with Crippen molar-refractivity contribution in [3.63, 3.8) is 0 Å². The quantitative estimate of drug-likeness (QED) is 0.125. The van der Waals surface area contributed by atoms with Gasteiger partial charge in [0.1, 0.15) is 5.76 Å². The van der Waals surface area contributed by atoms with E-state index in [1.54, 1.807) is 0 Å². The first kappa shape index (κ1) is 25.6. The van der Waals surface area contributed by atoms with Crippen LogP contribution in [0.15, 0.2) is 54.1 Å². The van der Waals surface area contributed by atoms with Crippen LogP contribution in [0.5, 0.6) is 0 Å². The van der Waals surface area contributed by atoms with Gasteiger partial charge in [0.15, 0.2) is 0 Å². The normalized spacial score (nSPS) is 17.2. The zero-order valence-electron chi connectivity index (χ0n) is 19.6. The van der Waals surface area contributed by atoms with Crippen molar-refractivity contribution in [1.82, 2.24) is 4.90 Å². The molecular weight excluding hydrogens is 452 g/mol. The van der Waals surface area contributed by atoms with Crippen LogP contribution < -0.4 is 0 Å². The molecule has 1 heterocycles. The van der Waals surface area contributed by atoms with Gasteiger partial charge < -0.3 is 15.1 Å². The zero-order valence-corrected chi connectivity index (χ0v) is 19.6. The molecular formula is C26H28N2O7. The number of nitrogens with zero attached hydrogens (tertiary/aromatic N) is 2. The highest BCUT2D eigenvalue weighted by molar-refractivity contribution is 6.46. The van der Waals surface area contributed by atoms with Crippen LogP contribution in [0.1, 0.15) is 68.2 Å². The number of carbonyl (C=O) groups excluding carboxylic acids is 2. The van der Waals surface area contributed by atoms with Crippen molar-refractivity contribution in [2.45, 2.75) is 51.5 Å². The SMILES string of the molecule is CC(C)c1ccc(C2/C(=C(/O)c3ccc([N+](=O)[O-])cc3)C(=O)C(=O)N2CCCCCC(=O)O)cc1. The lowest BCUT2D eigenvalue weighted by molar-refractivity contribution is -0.384. The molecule has 0 bridgehead atoms. The van der Waals surface area contributed by atoms with Gasteiger partial charge in [-0.25, -0.2) is 0 Å². The summed E-state index contributed by atoms with van der Waals surface area (Å²) in [5.41, 5.74) is 1.69. The molecule has 2 aromatic rings. The highest BCUT2D eigenvalue weighted by Gasteiger charge is 2.45. The number of nitro groups is 1. The summed E-state index contributed by atoms with van der Waals surface area (Å²) in [5, 5.41) is 30.8. The van der Waals surface area contributed by atoms with Crippen molar-refractivity contribution in [2.75, 3.05) is 6.54 Å². The van der Waals surface area contributed by atoms with Crippen molar-refractivity contribution in [2.24, 2.45) is 0 Å². The minimum absolute atomic E-state index is 0.0268. The Labute approximate surface area is 202 Å². The second-order valence-corrected chi connectivity index (χ2v) is 8.82. The Morgan fingerprint density at radius 3 is 2.17 bits per heavy atom. The predicted molar refractivity (Wildman–Crippen MR) is 129 cm³/mol. The molecule has 1 aliphatic heterocycles. The van der Waals surface area contributed by atoms with Gasteiger partial charge in [0.2, 0.25) is 0 Å². The number of likely N-dealkylation sites (tertiary alicyclic amines) is 1. The van der Waals surface area contributed by atoms with E-state index in [0.717, 1.165) is 5.56 Å². The number of hydrogen-bond donors (Lipinski definition) is 2. The number of carbonyl (C=O) groups is 3. The number of benzene rings is 2. The molecule has 1 fully saturated rings. The predicted octanol–water partition coefficient (Wildman–Crippen LogP) is 4.78. The second-order valence-electron chi connectivity index (χ2n) is 8.82. The summed E-state index contributed by atoms with van der Waals surface area (Å²) in [5.74, 6) is -2.58. The maximum Gasteiger partial charge on any atom is 0.303 e. The van der Waals surface area contributed by atoms with Gasteiger partial charge in [0, 0.05) is 30.7 Å². The number of ketones is 1. The van der Waals surface area contributed by atoms with E-state index in [1.165, 1.54) is 29.2 Å². The van der Waals surface area contributed by atoms with E-state index in [0.29, 0.717) is 24.8 Å². The fourth-order valence-corrected chi connectivity index (χ4v) is 4.15. The number of unbranched alkanes of at least 4 members (excludes halogenated alkanes) is 2. The van der Waals surface area contributed by atoms with Crippen molar-refractivity contribution in [1.29, 1.82) is 0 Å². The van der Waals surface area contributed by atoms with Gasteiger partial charge >= 0.3 is 5.97 Å². The zero-order chi connectivity index (χ0) is 25.7. The largest absolute Gasteiger partial charge is 0.507 e. The fourth-order valence-electron chi connectivity index (χ4n) is 4.15. The van der Waals surface area contributed by atoms with E-state index in [9.17, 15) is 29.6 Å². The van der Waals surface area contributed by atoms with Gasteiger partial charge in [-0.1, -0.05) is 44.5 Å². The number of non-ortho nitro benzene ring substituents is 1. The average Bonchev–Trinajstić information content (AvgIpc) is 3.08. The monoisotopic (exact) mass is 480 g/mol. The number of aliphatic hydroxyl groups excluding tert-OH is 1. The van der Waals surface area contributed by atoms with Crippen LogP contribution in [-0.4, -0.2) is 44.2 Å². The van der Waals surface area contributed by atoms with E-state index in [2.05, 4.69) is 0 Å². The van der Waals surface area contributed by atoms with Crippen molar-refractivity contribution >= 4 is 29.1 Å². The molecule has 1 saturated heterocycles. The van der Waals surface area contributed by atoms with Gasteiger partial charge in [-0.2, -0.15) is 0 Å². The van der Waals surface area contributed by atoms with Gasteiger partial charge in [0.25, 0.3) is 17.4 Å². The maximum absolute atomic E-state index is 13.0. The lowest BCUT2D eigenvalue weighted by Gasteiger charge is -2.25. The molecule has 0 spiro atoms. The lowest BCUT2D eigenvalue weighted by atomic mass is 9.93. The highest BCUT2D eigenvalue weighted by Crippen LogP contribution is 2.40. The summed E-state index contributed by atoms with van der Waals surface area (Å²) in [4.78, 5) is 48.6. The fraction of sp³-hybridized carbons (Fsp3) is 0.346. The number of Topliss-reactive ketones (excluding diaryl/α,β-unsaturated/α-hetero) is 1. The van der Waals surface area contributed by atoms with E-state index in [1.807, 2.05) is 38.1 Å². The Kier molecular flexibility index (Phi) is 8.01. The molecule has 1 aliphatic rings. The molecule has 9 nitrogen and oxygen atoms in total. The summed E-state index contributed by atoms with van der Waals surface area (Å²) >= 11 is 0. The second kappa shape index (κ2) is 10.9. The van der Waals surface area contributed by atoms with E-state index in [4.69, 9.17) is 5.11 Å². The number of carboxylic acids is 1. The van der Waals surface area contributed by atoms with Crippen LogP contribution in [0.2, 0.25) is 0 Å². The molecule has 0 radical (unpaired) electrons. The first-order valence-electron chi connectivity index (χ1n) is 11.5. The molecule has 0 saturated carbocycles. The number of hydrogen-bond acceptors (Lipinski definition) is 6. The summed E-state index contributed by atoms with van der Waals surface area (Å²) < 4.78 is 0. The molecule has 1 atom stereocenters. The van der Waals surface area contributed by atoms with E-state index >= 15 is 0 Å². The molecule has 0 aromatic heterocycles. The van der Waals surface area contributed by atoms with Gasteiger partial charge in [-0.3, -0.25) is 24.5 Å². The van der Waals surface area contributed by atoms with Crippen molar-refractivity contribution in [3.05, 3.63) is 80.9 Å². The summed E-state index contributed by atoms with van der Waals surface area (Å²) in [6, 6.07) is 11.8. The Morgan fingerprint density at radius 2 is 1.63 bits per heavy atom. The molecule has 2 aromatic carbocycles. The maximum atomic E-state index is 13.0. The number of nitro benzene ring substituents is 1. The van der Waals surface area contributed by atoms with Crippen molar-refractivity contribution < 1.29 is 29.5 Å². The standard InChI is InChI=1S/C26H28N2O7/c1-16(2)17-7-9-18(10-8-17)23-22(24(31)19-11-13-20(14-12-19)28(34)35)25(32)26(33)27(23)15-5-3-4-6-21(29)30/h7-14,16,23,31H,3-6,15H2,1-2H3,(H,29,30)/b24-22-. The Bertz CT molecular complexity index is 1150. The first-order chi connectivity index (χ1) is 16.6. The minimum atomic E-state index is -0.890. The molecule has 9 heteroatoms. The van der Waals surface area contributed by atoms with Crippen LogP contribution in [0, 0.1) is 10.1 Å². The molecule has 1 unspecified atom stereocenters. The van der Waals surface area contributed by atoms with Crippen LogP contribution in [0.3, 0.4) is 0 Å². The van der Waals surface area contributed by atoms with Crippen LogP contribution in [0.25, 0.3) is 5.76 Å². The first-order valence-corrected chi connectivity index (χ1v) is 11.5. The lowest BCUT2D eigenvalue weighted by Crippen LogP contribution is -2.30. The Morgan fingerprint density at radius 1 is 1.00 bits per heavy atom. The summed E-state index contributed by atoms with van der Waals surface area (Å²) in [6.45, 7) is 4.32. The van der Waals surface area contributed by atoms with Crippen LogP contribution in [-0.2, 0) is 14.4 Å². The number of carboxylic acid groups (broad SMARTS) is 1. The third kappa shape index (κ3) is 5.74. The summed E-state index contributed by atoms with van der Waals surface area (Å²) in [6.07, 6.45) is 1.55. The van der Waals surface area contributed by atoms with Crippen molar-refractivity contribution in [3.8, 4) is 0 Å². The number of rotatable bonds is 10. The third-order valence-corrected chi connectivity index (χ3v) is 6.10. The highest BCUT2D eigenvalue weighted by atomic mass is 16.6. The molecule has 3 rings (SSSR count). The van der Waals surface area contributed by atoms with Crippen LogP contribution >= 0.6 is 0 Å². The molecule has 1 amide bonds. The smallest absolute Gasteiger partial charge is 0.303 e. The number of amides is 1. The minimum Gasteiger partial charge on any atom is -0.507 e. The third-order valence-electron chi connectivity index (χ3n) is 6.10.